The molecule has 1 aromatic rings. The Labute approximate surface area is 85.6 Å². The number of hydrogen-bond donors (Lipinski definition) is 1. The number of benzene rings is 1. The molecule has 1 unspecified atom stereocenters. The van der Waals surface area contributed by atoms with Crippen LogP contribution in [0.3, 0.4) is 0 Å². The highest BCUT2D eigenvalue weighted by molar-refractivity contribution is 5.45. The monoisotopic (exact) mass is 188 g/mol. The van der Waals surface area contributed by atoms with E-state index in [4.69, 9.17) is 5.26 Å². The van der Waals surface area contributed by atoms with Crippen LogP contribution >= 0.6 is 0 Å². The van der Waals surface area contributed by atoms with E-state index in [0.29, 0.717) is 6.42 Å². The molecule has 0 radical (unpaired) electrons. The van der Waals surface area contributed by atoms with Crippen LogP contribution in [-0.4, -0.2) is 6.04 Å². The van der Waals surface area contributed by atoms with Crippen molar-refractivity contribution < 1.29 is 0 Å². The predicted molar refractivity (Wildman–Crippen MR) is 59.1 cm³/mol. The van der Waals surface area contributed by atoms with Gasteiger partial charge in [-0.15, -0.1) is 0 Å². The molecule has 1 atom stereocenters. The van der Waals surface area contributed by atoms with Gasteiger partial charge in [-0.2, -0.15) is 5.26 Å². The van der Waals surface area contributed by atoms with Crippen molar-refractivity contribution in [3.8, 4) is 6.07 Å². The lowest BCUT2D eigenvalue weighted by Gasteiger charge is -2.11. The summed E-state index contributed by atoms with van der Waals surface area (Å²) in [6.45, 7) is 4.15. The van der Waals surface area contributed by atoms with Crippen LogP contribution in [0.2, 0.25) is 0 Å². The maximum absolute atomic E-state index is 8.51. The summed E-state index contributed by atoms with van der Waals surface area (Å²) < 4.78 is 0. The average Bonchev–Trinajstić information content (AvgIpc) is 2.19. The Morgan fingerprint density at radius 3 is 2.50 bits per heavy atom. The number of nitrogens with zero attached hydrogens (tertiary/aromatic N) is 1. The Balaban J connectivity index is 2.56. The first kappa shape index (κ1) is 10.6. The molecule has 0 heterocycles. The zero-order valence-corrected chi connectivity index (χ0v) is 8.75. The van der Waals surface area contributed by atoms with Crippen LogP contribution in [0.5, 0.6) is 0 Å². The van der Waals surface area contributed by atoms with Crippen molar-refractivity contribution in [2.45, 2.75) is 32.7 Å². The van der Waals surface area contributed by atoms with Crippen molar-refractivity contribution >= 4 is 5.69 Å². The SMILES string of the molecule is CCc1ccc(NC(C)CC#N)cc1. The molecule has 0 spiro atoms. The Bertz CT molecular complexity index is 308. The summed E-state index contributed by atoms with van der Waals surface area (Å²) in [6.07, 6.45) is 1.60. The van der Waals surface area contributed by atoms with E-state index in [2.05, 4.69) is 42.6 Å². The molecule has 1 rings (SSSR count). The largest absolute Gasteiger partial charge is 0.382 e. The molecule has 14 heavy (non-hydrogen) atoms. The first-order valence-corrected chi connectivity index (χ1v) is 4.98. The van der Waals surface area contributed by atoms with Gasteiger partial charge in [0.15, 0.2) is 0 Å². The molecule has 0 fully saturated rings. The van der Waals surface area contributed by atoms with Crippen LogP contribution in [0.4, 0.5) is 5.69 Å². The summed E-state index contributed by atoms with van der Waals surface area (Å²) in [5.74, 6) is 0. The first-order valence-electron chi connectivity index (χ1n) is 4.98. The Morgan fingerprint density at radius 2 is 2.00 bits per heavy atom. The van der Waals surface area contributed by atoms with E-state index in [1.807, 2.05) is 6.92 Å². The van der Waals surface area contributed by atoms with Gasteiger partial charge in [-0.25, -0.2) is 0 Å². The van der Waals surface area contributed by atoms with E-state index in [1.165, 1.54) is 5.56 Å². The molecule has 0 aliphatic heterocycles. The van der Waals surface area contributed by atoms with Crippen LogP contribution in [0.15, 0.2) is 24.3 Å². The molecule has 0 amide bonds. The number of nitrogens with one attached hydrogen (secondary N) is 1. The van der Waals surface area contributed by atoms with Crippen molar-refractivity contribution in [1.82, 2.24) is 0 Å². The Morgan fingerprint density at radius 1 is 1.36 bits per heavy atom. The van der Waals surface area contributed by atoms with Gasteiger partial charge in [0.2, 0.25) is 0 Å². The molecule has 1 aromatic carbocycles. The van der Waals surface area contributed by atoms with Gasteiger partial charge in [-0.1, -0.05) is 19.1 Å². The Hall–Kier alpha value is -1.49. The highest BCUT2D eigenvalue weighted by Gasteiger charge is 2.00. The van der Waals surface area contributed by atoms with Crippen LogP contribution in [-0.2, 0) is 6.42 Å². The van der Waals surface area contributed by atoms with Gasteiger partial charge >= 0.3 is 0 Å². The number of anilines is 1. The fraction of sp³-hybridized carbons (Fsp3) is 0.417. The second-order valence-corrected chi connectivity index (χ2v) is 3.46. The molecular formula is C12H16N2. The van der Waals surface area contributed by atoms with Crippen molar-refractivity contribution in [2.24, 2.45) is 0 Å². The average molecular weight is 188 g/mol. The van der Waals surface area contributed by atoms with Gasteiger partial charge in [-0.3, -0.25) is 0 Å². The fourth-order valence-electron chi connectivity index (χ4n) is 1.31. The molecule has 1 N–H and O–H groups in total. The summed E-state index contributed by atoms with van der Waals surface area (Å²) in [7, 11) is 0. The van der Waals surface area contributed by atoms with Crippen molar-refractivity contribution in [1.29, 1.82) is 5.26 Å². The van der Waals surface area contributed by atoms with Crippen molar-refractivity contribution in [2.75, 3.05) is 5.32 Å². The molecule has 0 aliphatic carbocycles. The maximum atomic E-state index is 8.51. The third-order valence-electron chi connectivity index (χ3n) is 2.17. The molecule has 2 heteroatoms. The lowest BCUT2D eigenvalue weighted by atomic mass is 10.1. The highest BCUT2D eigenvalue weighted by atomic mass is 14.9. The van der Waals surface area contributed by atoms with E-state index in [1.54, 1.807) is 0 Å². The second kappa shape index (κ2) is 5.29. The summed E-state index contributed by atoms with van der Waals surface area (Å²) >= 11 is 0. The van der Waals surface area contributed by atoms with E-state index in [9.17, 15) is 0 Å². The third kappa shape index (κ3) is 3.10. The van der Waals surface area contributed by atoms with Crippen molar-refractivity contribution in [3.63, 3.8) is 0 Å². The quantitative estimate of drug-likeness (QED) is 0.788. The smallest absolute Gasteiger partial charge is 0.0643 e. The minimum atomic E-state index is 0.215. The highest BCUT2D eigenvalue weighted by Crippen LogP contribution is 2.11. The van der Waals surface area contributed by atoms with E-state index < -0.39 is 0 Å². The number of rotatable bonds is 4. The minimum absolute atomic E-state index is 0.215. The zero-order valence-electron chi connectivity index (χ0n) is 8.75. The number of hydrogen-bond acceptors (Lipinski definition) is 2. The summed E-state index contributed by atoms with van der Waals surface area (Å²) in [6, 6.07) is 10.7. The molecule has 0 saturated heterocycles. The molecule has 0 aromatic heterocycles. The first-order chi connectivity index (χ1) is 6.76. The van der Waals surface area contributed by atoms with Gasteiger partial charge in [0, 0.05) is 11.7 Å². The van der Waals surface area contributed by atoms with Crippen LogP contribution in [0, 0.1) is 11.3 Å². The van der Waals surface area contributed by atoms with Gasteiger partial charge in [0.05, 0.1) is 12.5 Å². The molecule has 2 nitrogen and oxygen atoms in total. The van der Waals surface area contributed by atoms with Crippen LogP contribution in [0.1, 0.15) is 25.8 Å². The molecular weight excluding hydrogens is 172 g/mol. The maximum Gasteiger partial charge on any atom is 0.0643 e. The summed E-state index contributed by atoms with van der Waals surface area (Å²) in [4.78, 5) is 0. The van der Waals surface area contributed by atoms with Crippen LogP contribution < -0.4 is 5.32 Å². The van der Waals surface area contributed by atoms with Gasteiger partial charge < -0.3 is 5.32 Å². The Kier molecular flexibility index (Phi) is 4.00. The van der Waals surface area contributed by atoms with E-state index in [-0.39, 0.29) is 6.04 Å². The lowest BCUT2D eigenvalue weighted by molar-refractivity contribution is 0.821. The number of nitriles is 1. The second-order valence-electron chi connectivity index (χ2n) is 3.46. The molecule has 74 valence electrons. The fourth-order valence-corrected chi connectivity index (χ4v) is 1.31. The molecule has 0 bridgehead atoms. The normalized spacial score (nSPS) is 11.8. The summed E-state index contributed by atoms with van der Waals surface area (Å²) in [5, 5.41) is 11.8. The van der Waals surface area contributed by atoms with Gasteiger partial charge in [0.1, 0.15) is 0 Å². The van der Waals surface area contributed by atoms with Crippen LogP contribution in [0.25, 0.3) is 0 Å². The molecule has 0 saturated carbocycles. The lowest BCUT2D eigenvalue weighted by Crippen LogP contribution is -2.13. The third-order valence-corrected chi connectivity index (χ3v) is 2.17. The standard InChI is InChI=1S/C12H16N2/c1-3-11-4-6-12(7-5-11)14-10(2)8-9-13/h4-7,10,14H,3,8H2,1-2H3. The van der Waals surface area contributed by atoms with E-state index in [0.717, 1.165) is 12.1 Å². The number of aryl methyl sites for hydroxylation is 1. The minimum Gasteiger partial charge on any atom is -0.382 e. The predicted octanol–water partition coefficient (Wildman–Crippen LogP) is 2.96. The van der Waals surface area contributed by atoms with Gasteiger partial charge in [-0.05, 0) is 31.0 Å². The summed E-state index contributed by atoms with van der Waals surface area (Å²) in [5.41, 5.74) is 2.42. The topological polar surface area (TPSA) is 35.8 Å². The zero-order chi connectivity index (χ0) is 10.4. The van der Waals surface area contributed by atoms with Gasteiger partial charge in [0.25, 0.3) is 0 Å². The molecule has 0 aliphatic rings. The van der Waals surface area contributed by atoms with Crippen molar-refractivity contribution in [3.05, 3.63) is 29.8 Å². The van der Waals surface area contributed by atoms with E-state index >= 15 is 0 Å².